The van der Waals surface area contributed by atoms with Gasteiger partial charge in [0.25, 0.3) is 10.0 Å². The number of likely N-dealkylation sites (N-methyl/N-ethyl adjacent to an activating group) is 1. The van der Waals surface area contributed by atoms with Gasteiger partial charge in [-0.2, -0.15) is 0 Å². The molecular weight excluding hydrogens is 356 g/mol. The summed E-state index contributed by atoms with van der Waals surface area (Å²) in [7, 11) is -1.50. The molecule has 5 rings (SSSR count). The predicted octanol–water partition coefficient (Wildman–Crippen LogP) is 4.13. The Hall–Kier alpha value is -2.37. The normalized spacial score (nSPS) is 22.9. The zero-order valence-corrected chi connectivity index (χ0v) is 16.1. The molecule has 4 nitrogen and oxygen atoms in total. The molecule has 27 heavy (non-hydrogen) atoms. The summed E-state index contributed by atoms with van der Waals surface area (Å²) in [6.07, 6.45) is 5.49. The first-order valence-corrected chi connectivity index (χ1v) is 10.8. The van der Waals surface area contributed by atoms with Gasteiger partial charge in [0.05, 0.1) is 16.1 Å². The van der Waals surface area contributed by atoms with E-state index in [9.17, 15) is 8.42 Å². The van der Waals surface area contributed by atoms with E-state index in [4.69, 9.17) is 0 Å². The molecule has 0 N–H and O–H groups in total. The van der Waals surface area contributed by atoms with E-state index >= 15 is 0 Å². The number of nitrogens with zero attached hydrogens (tertiary/aromatic N) is 2. The molecule has 2 aromatic carbocycles. The molecule has 1 fully saturated rings. The monoisotopic (exact) mass is 378 g/mol. The Bertz CT molecular complexity index is 1150. The Kier molecular flexibility index (Phi) is 3.78. The molecule has 0 amide bonds. The number of rotatable bonds is 3. The largest absolute Gasteiger partial charge is 0.297 e. The zero-order valence-electron chi connectivity index (χ0n) is 15.2. The number of hydrogen-bond acceptors (Lipinski definition) is 3. The summed E-state index contributed by atoms with van der Waals surface area (Å²) in [5.41, 5.74) is 2.70. The Morgan fingerprint density at radius 2 is 1.70 bits per heavy atom. The van der Waals surface area contributed by atoms with Gasteiger partial charge in [-0.05, 0) is 56.1 Å². The van der Waals surface area contributed by atoms with Crippen LogP contribution in [0.4, 0.5) is 0 Å². The number of hydrogen-bond donors (Lipinski definition) is 0. The standard InChI is InChI=1S/C22H22N2O2S/c1-23-18-11-12-19(23)14-17(13-18)22-15-16-7-5-6-10-21(16)24(22)27(25,26)20-8-3-2-4-9-20/h2-10,13,15,18-19H,11-12,14H2,1H3. The van der Waals surface area contributed by atoms with Crippen LogP contribution in [0.5, 0.6) is 0 Å². The lowest BCUT2D eigenvalue weighted by molar-refractivity contribution is 0.264. The van der Waals surface area contributed by atoms with E-state index in [-0.39, 0.29) is 0 Å². The molecule has 2 unspecified atom stereocenters. The zero-order chi connectivity index (χ0) is 18.6. The SMILES string of the molecule is CN1C2C=C(c3cc4ccccc4n3S(=O)(=O)c3ccccc3)CC1CC2. The van der Waals surface area contributed by atoms with Gasteiger partial charge in [-0.25, -0.2) is 12.4 Å². The highest BCUT2D eigenvalue weighted by molar-refractivity contribution is 7.90. The van der Waals surface area contributed by atoms with Gasteiger partial charge in [-0.1, -0.05) is 42.5 Å². The Morgan fingerprint density at radius 3 is 2.48 bits per heavy atom. The third kappa shape index (κ3) is 2.57. The Labute approximate surface area is 159 Å². The molecule has 3 aromatic rings. The minimum Gasteiger partial charge on any atom is -0.297 e. The number of benzene rings is 2. The summed E-state index contributed by atoms with van der Waals surface area (Å²) in [5.74, 6) is 0. The van der Waals surface area contributed by atoms with E-state index in [0.29, 0.717) is 17.0 Å². The maximum Gasteiger partial charge on any atom is 0.268 e. The molecule has 1 saturated heterocycles. The first-order chi connectivity index (χ1) is 13.1. The summed E-state index contributed by atoms with van der Waals surface area (Å²) in [6.45, 7) is 0. The van der Waals surface area contributed by atoms with Crippen LogP contribution < -0.4 is 0 Å². The molecule has 5 heteroatoms. The summed E-state index contributed by atoms with van der Waals surface area (Å²) >= 11 is 0. The molecule has 0 radical (unpaired) electrons. The second-order valence-corrected chi connectivity index (χ2v) is 9.32. The van der Waals surface area contributed by atoms with E-state index in [1.807, 2.05) is 36.4 Å². The van der Waals surface area contributed by atoms with Crippen LogP contribution in [0.1, 0.15) is 25.0 Å². The molecule has 2 atom stereocenters. The molecule has 2 bridgehead atoms. The van der Waals surface area contributed by atoms with Crippen LogP contribution in [0, 0.1) is 0 Å². The van der Waals surface area contributed by atoms with Gasteiger partial charge in [0.15, 0.2) is 0 Å². The maximum atomic E-state index is 13.5. The van der Waals surface area contributed by atoms with E-state index in [0.717, 1.165) is 35.0 Å². The second-order valence-electron chi connectivity index (χ2n) is 7.53. The van der Waals surface area contributed by atoms with Crippen LogP contribution in [0.15, 0.2) is 71.6 Å². The molecule has 0 aliphatic carbocycles. The molecule has 0 saturated carbocycles. The second kappa shape index (κ2) is 6.08. The van der Waals surface area contributed by atoms with Gasteiger partial charge in [-0.15, -0.1) is 0 Å². The van der Waals surface area contributed by atoms with Gasteiger partial charge in [0.2, 0.25) is 0 Å². The highest BCUT2D eigenvalue weighted by Crippen LogP contribution is 2.40. The molecule has 2 aliphatic rings. The molecule has 2 aliphatic heterocycles. The van der Waals surface area contributed by atoms with Crippen LogP contribution in [0.2, 0.25) is 0 Å². The number of aromatic nitrogens is 1. The third-order valence-electron chi connectivity index (χ3n) is 6.02. The van der Waals surface area contributed by atoms with Gasteiger partial charge in [0.1, 0.15) is 0 Å². The molecular formula is C22H22N2O2S. The lowest BCUT2D eigenvalue weighted by atomic mass is 9.99. The van der Waals surface area contributed by atoms with Crippen molar-refractivity contribution in [2.24, 2.45) is 0 Å². The van der Waals surface area contributed by atoms with Crippen molar-refractivity contribution in [3.8, 4) is 0 Å². The minimum absolute atomic E-state index is 0.323. The van der Waals surface area contributed by atoms with Crippen molar-refractivity contribution in [3.63, 3.8) is 0 Å². The fraction of sp³-hybridized carbons (Fsp3) is 0.273. The topological polar surface area (TPSA) is 42.3 Å². The van der Waals surface area contributed by atoms with Crippen LogP contribution in [-0.2, 0) is 10.0 Å². The Morgan fingerprint density at radius 1 is 0.963 bits per heavy atom. The summed E-state index contributed by atoms with van der Waals surface area (Å²) in [5, 5.41) is 0.958. The predicted molar refractivity (Wildman–Crippen MR) is 108 cm³/mol. The van der Waals surface area contributed by atoms with Crippen LogP contribution in [-0.4, -0.2) is 36.4 Å². The first kappa shape index (κ1) is 16.8. The van der Waals surface area contributed by atoms with Crippen molar-refractivity contribution >= 4 is 26.5 Å². The smallest absolute Gasteiger partial charge is 0.268 e. The average molecular weight is 378 g/mol. The van der Waals surface area contributed by atoms with Crippen LogP contribution in [0.3, 0.4) is 0 Å². The van der Waals surface area contributed by atoms with Crippen molar-refractivity contribution in [1.82, 2.24) is 8.87 Å². The van der Waals surface area contributed by atoms with Crippen molar-refractivity contribution < 1.29 is 8.42 Å². The van der Waals surface area contributed by atoms with E-state index in [1.165, 1.54) is 6.42 Å². The average Bonchev–Trinajstić information content (AvgIpc) is 3.15. The van der Waals surface area contributed by atoms with Gasteiger partial charge in [-0.3, -0.25) is 4.90 Å². The van der Waals surface area contributed by atoms with Crippen molar-refractivity contribution in [3.05, 3.63) is 72.4 Å². The lowest BCUT2D eigenvalue weighted by Crippen LogP contribution is -2.35. The Balaban J connectivity index is 1.75. The first-order valence-electron chi connectivity index (χ1n) is 9.40. The highest BCUT2D eigenvalue weighted by Gasteiger charge is 2.36. The molecule has 1 aromatic heterocycles. The van der Waals surface area contributed by atoms with Crippen LogP contribution in [0.25, 0.3) is 16.5 Å². The number of para-hydroxylation sites is 1. The fourth-order valence-electron chi connectivity index (χ4n) is 4.54. The minimum atomic E-state index is -3.67. The summed E-state index contributed by atoms with van der Waals surface area (Å²) < 4.78 is 28.6. The van der Waals surface area contributed by atoms with Gasteiger partial charge < -0.3 is 0 Å². The van der Waals surface area contributed by atoms with E-state index in [1.54, 1.807) is 28.2 Å². The maximum absolute atomic E-state index is 13.5. The number of fused-ring (bicyclic) bond motifs is 3. The van der Waals surface area contributed by atoms with Crippen LogP contribution >= 0.6 is 0 Å². The lowest BCUT2D eigenvalue weighted by Gasteiger charge is -2.30. The third-order valence-corrected chi connectivity index (χ3v) is 7.76. The van der Waals surface area contributed by atoms with Crippen molar-refractivity contribution in [2.75, 3.05) is 7.05 Å². The van der Waals surface area contributed by atoms with Crippen molar-refractivity contribution in [1.29, 1.82) is 0 Å². The molecule has 0 spiro atoms. The quantitative estimate of drug-likeness (QED) is 0.688. The summed E-state index contributed by atoms with van der Waals surface area (Å²) in [4.78, 5) is 2.74. The van der Waals surface area contributed by atoms with E-state index < -0.39 is 10.0 Å². The molecule has 3 heterocycles. The van der Waals surface area contributed by atoms with Gasteiger partial charge in [0, 0.05) is 17.5 Å². The van der Waals surface area contributed by atoms with Gasteiger partial charge >= 0.3 is 0 Å². The summed E-state index contributed by atoms with van der Waals surface area (Å²) in [6, 6.07) is 19.4. The van der Waals surface area contributed by atoms with E-state index in [2.05, 4.69) is 18.0 Å². The molecule has 138 valence electrons. The highest BCUT2D eigenvalue weighted by atomic mass is 32.2. The fourth-order valence-corrected chi connectivity index (χ4v) is 6.11. The van der Waals surface area contributed by atoms with Crippen molar-refractivity contribution in [2.45, 2.75) is 36.2 Å².